The topological polar surface area (TPSA) is 144 Å². The highest BCUT2D eigenvalue weighted by Crippen LogP contribution is 2.30. The zero-order valence-electron chi connectivity index (χ0n) is 19.6. The average Bonchev–Trinajstić information content (AvgIpc) is 2.85. The van der Waals surface area contributed by atoms with Crippen molar-refractivity contribution in [1.29, 1.82) is 0 Å². The van der Waals surface area contributed by atoms with Gasteiger partial charge in [-0.15, -0.1) is 5.11 Å². The summed E-state index contributed by atoms with van der Waals surface area (Å²) >= 11 is 6.04. The second kappa shape index (κ2) is 15.0. The molecule has 0 heterocycles. The first-order valence-electron chi connectivity index (χ1n) is 11.3. The molecule has 2 aromatic carbocycles. The van der Waals surface area contributed by atoms with E-state index in [9.17, 15) is 14.9 Å². The van der Waals surface area contributed by atoms with Crippen LogP contribution in [0, 0.1) is 10.1 Å². The lowest BCUT2D eigenvalue weighted by molar-refractivity contribution is -0.384. The summed E-state index contributed by atoms with van der Waals surface area (Å²) in [6.07, 6.45) is 0.719. The highest BCUT2D eigenvalue weighted by molar-refractivity contribution is 6.33. The predicted octanol–water partition coefficient (Wildman–Crippen LogP) is 3.28. The number of aliphatic hydroxyl groups excluding tert-OH is 2. The second-order valence-corrected chi connectivity index (χ2v) is 8.02. The quantitative estimate of drug-likeness (QED) is 0.145. The Morgan fingerprint density at radius 2 is 1.77 bits per heavy atom. The van der Waals surface area contributed by atoms with Crippen LogP contribution in [0.3, 0.4) is 0 Å². The molecular weight excluding hydrogens is 476 g/mol. The van der Waals surface area contributed by atoms with Crippen LogP contribution in [-0.2, 0) is 4.79 Å². The van der Waals surface area contributed by atoms with Gasteiger partial charge in [-0.3, -0.25) is 19.8 Å². The summed E-state index contributed by atoms with van der Waals surface area (Å²) in [6.45, 7) is 5.03. The molecule has 0 saturated carbocycles. The summed E-state index contributed by atoms with van der Waals surface area (Å²) in [4.78, 5) is 26.5. The van der Waals surface area contributed by atoms with E-state index in [4.69, 9.17) is 21.8 Å². The first kappa shape index (κ1) is 28.1. The Morgan fingerprint density at radius 3 is 2.34 bits per heavy atom. The number of benzene rings is 2. The fourth-order valence-electron chi connectivity index (χ4n) is 3.30. The zero-order valence-corrected chi connectivity index (χ0v) is 20.4. The molecule has 0 aliphatic rings. The molecule has 0 fully saturated rings. The van der Waals surface area contributed by atoms with Gasteiger partial charge in [0.15, 0.2) is 0 Å². The average molecular weight is 507 g/mol. The molecular formula is C23H31ClN6O5. The van der Waals surface area contributed by atoms with Crippen LogP contribution >= 0.6 is 11.6 Å². The van der Waals surface area contributed by atoms with Gasteiger partial charge in [0.1, 0.15) is 5.69 Å². The smallest absolute Gasteiger partial charge is 0.271 e. The van der Waals surface area contributed by atoms with Crippen LogP contribution in [0.4, 0.5) is 22.7 Å². The third-order valence-electron chi connectivity index (χ3n) is 5.15. The van der Waals surface area contributed by atoms with Crippen molar-refractivity contribution in [2.45, 2.75) is 13.3 Å². The molecule has 12 heteroatoms. The van der Waals surface area contributed by atoms with Crippen molar-refractivity contribution in [3.8, 4) is 0 Å². The maximum Gasteiger partial charge on any atom is 0.271 e. The molecule has 35 heavy (non-hydrogen) atoms. The third-order valence-corrected chi connectivity index (χ3v) is 5.45. The molecule has 0 unspecified atom stereocenters. The van der Waals surface area contributed by atoms with Crippen molar-refractivity contribution in [1.82, 2.24) is 10.2 Å². The first-order chi connectivity index (χ1) is 16.9. The van der Waals surface area contributed by atoms with Crippen LogP contribution in [0.15, 0.2) is 52.7 Å². The summed E-state index contributed by atoms with van der Waals surface area (Å²) in [5, 5.41) is 40.1. The van der Waals surface area contributed by atoms with Gasteiger partial charge in [-0.1, -0.05) is 11.6 Å². The standard InChI is InChI=1S/C23H31ClN6O5/c1-2-29(17-23(33)25-10-3-11-28(12-14-31)13-15-32)19-6-4-18(5-7-19)26-27-22-9-8-20(30(34)35)16-21(22)24/h4-9,16,31-32H,2-3,10-15,17H2,1H3,(H,25,33). The van der Waals surface area contributed by atoms with Crippen LogP contribution < -0.4 is 10.2 Å². The van der Waals surface area contributed by atoms with Gasteiger partial charge in [0.05, 0.1) is 35.4 Å². The van der Waals surface area contributed by atoms with Crippen LogP contribution in [-0.4, -0.2) is 78.4 Å². The van der Waals surface area contributed by atoms with E-state index >= 15 is 0 Å². The number of likely N-dealkylation sites (N-methyl/N-ethyl adjacent to an activating group) is 1. The van der Waals surface area contributed by atoms with E-state index in [1.807, 2.05) is 28.9 Å². The molecule has 0 aromatic heterocycles. The third kappa shape index (κ3) is 9.57. The molecule has 11 nitrogen and oxygen atoms in total. The van der Waals surface area contributed by atoms with E-state index in [2.05, 4.69) is 15.5 Å². The number of carbonyl (C=O) groups excluding carboxylic acids is 1. The van der Waals surface area contributed by atoms with Crippen LogP contribution in [0.2, 0.25) is 5.02 Å². The highest BCUT2D eigenvalue weighted by atomic mass is 35.5. The fraction of sp³-hybridized carbons (Fsp3) is 0.435. The van der Waals surface area contributed by atoms with Gasteiger partial charge in [0.2, 0.25) is 5.91 Å². The summed E-state index contributed by atoms with van der Waals surface area (Å²) in [5.41, 5.74) is 1.63. The number of nitrogens with zero attached hydrogens (tertiary/aromatic N) is 5. The van der Waals surface area contributed by atoms with E-state index in [1.165, 1.54) is 18.2 Å². The largest absolute Gasteiger partial charge is 0.395 e. The summed E-state index contributed by atoms with van der Waals surface area (Å²) in [5.74, 6) is -0.0979. The monoisotopic (exact) mass is 506 g/mol. The van der Waals surface area contributed by atoms with E-state index in [0.717, 1.165) is 12.1 Å². The number of nitrogens with one attached hydrogen (secondary N) is 1. The molecule has 2 aromatic rings. The molecule has 1 amide bonds. The molecule has 0 radical (unpaired) electrons. The van der Waals surface area contributed by atoms with Gasteiger partial charge in [0.25, 0.3) is 5.69 Å². The predicted molar refractivity (Wildman–Crippen MR) is 135 cm³/mol. The minimum Gasteiger partial charge on any atom is -0.395 e. The number of amides is 1. The minimum absolute atomic E-state index is 0.0305. The van der Waals surface area contributed by atoms with Gasteiger partial charge in [-0.05, 0) is 50.2 Å². The maximum atomic E-state index is 12.4. The molecule has 0 saturated heterocycles. The summed E-state index contributed by atoms with van der Waals surface area (Å²) in [6, 6.07) is 11.2. The number of hydrogen-bond acceptors (Lipinski definition) is 9. The molecule has 190 valence electrons. The van der Waals surface area contributed by atoms with Crippen LogP contribution in [0.5, 0.6) is 0 Å². The summed E-state index contributed by atoms with van der Waals surface area (Å²) in [7, 11) is 0. The lowest BCUT2D eigenvalue weighted by atomic mass is 10.2. The number of azo groups is 1. The van der Waals surface area contributed by atoms with E-state index in [0.29, 0.717) is 44.1 Å². The van der Waals surface area contributed by atoms with Gasteiger partial charge in [-0.25, -0.2) is 0 Å². The van der Waals surface area contributed by atoms with Crippen molar-refractivity contribution in [2.75, 3.05) is 57.4 Å². The molecule has 0 aliphatic heterocycles. The molecule has 0 spiro atoms. The Balaban J connectivity index is 1.87. The normalized spacial score (nSPS) is 11.2. The van der Waals surface area contributed by atoms with Gasteiger partial charge in [0, 0.05) is 44.0 Å². The van der Waals surface area contributed by atoms with Crippen molar-refractivity contribution >= 4 is 40.3 Å². The number of nitro benzene ring substituents is 1. The lowest BCUT2D eigenvalue weighted by Gasteiger charge is -2.23. The Morgan fingerprint density at radius 1 is 1.09 bits per heavy atom. The number of carbonyl (C=O) groups is 1. The first-order valence-corrected chi connectivity index (χ1v) is 11.7. The maximum absolute atomic E-state index is 12.4. The van der Waals surface area contributed by atoms with E-state index in [-0.39, 0.29) is 36.4 Å². The van der Waals surface area contributed by atoms with Gasteiger partial charge >= 0.3 is 0 Å². The number of halogens is 1. The molecule has 0 atom stereocenters. The SMILES string of the molecule is CCN(CC(=O)NCCCN(CCO)CCO)c1ccc(N=Nc2ccc([N+](=O)[O-])cc2Cl)cc1. The Labute approximate surface area is 209 Å². The number of rotatable bonds is 15. The highest BCUT2D eigenvalue weighted by Gasteiger charge is 2.11. The molecule has 2 rings (SSSR count). The number of nitro groups is 1. The van der Waals surface area contributed by atoms with Crippen molar-refractivity contribution in [3.63, 3.8) is 0 Å². The number of aliphatic hydroxyl groups is 2. The summed E-state index contributed by atoms with van der Waals surface area (Å²) < 4.78 is 0. The Kier molecular flexibility index (Phi) is 12.0. The van der Waals surface area contributed by atoms with Crippen molar-refractivity contribution < 1.29 is 19.9 Å². The Bertz CT molecular complexity index is 983. The van der Waals surface area contributed by atoms with Crippen LogP contribution in [0.25, 0.3) is 0 Å². The second-order valence-electron chi connectivity index (χ2n) is 7.62. The molecule has 3 N–H and O–H groups in total. The number of non-ortho nitro benzene ring substituents is 1. The van der Waals surface area contributed by atoms with Gasteiger partial charge in [-0.2, -0.15) is 5.11 Å². The lowest BCUT2D eigenvalue weighted by Crippen LogP contribution is -2.39. The molecule has 0 bridgehead atoms. The number of hydrogen-bond donors (Lipinski definition) is 3. The fourth-order valence-corrected chi connectivity index (χ4v) is 3.51. The van der Waals surface area contributed by atoms with Crippen molar-refractivity contribution in [2.24, 2.45) is 10.2 Å². The van der Waals surface area contributed by atoms with Gasteiger partial charge < -0.3 is 20.4 Å². The number of anilines is 1. The van der Waals surface area contributed by atoms with Crippen LogP contribution in [0.1, 0.15) is 13.3 Å². The molecule has 0 aliphatic carbocycles. The Hall–Kier alpha value is -3.12. The van der Waals surface area contributed by atoms with E-state index < -0.39 is 4.92 Å². The van der Waals surface area contributed by atoms with Crippen molar-refractivity contribution in [3.05, 3.63) is 57.6 Å². The minimum atomic E-state index is -0.531. The van der Waals surface area contributed by atoms with E-state index in [1.54, 1.807) is 12.1 Å². The zero-order chi connectivity index (χ0) is 25.6.